The zero-order chi connectivity index (χ0) is 22.9. The first-order valence-corrected chi connectivity index (χ1v) is 11.8. The molecule has 30 heavy (non-hydrogen) atoms. The van der Waals surface area contributed by atoms with E-state index in [2.05, 4.69) is 5.43 Å². The fraction of sp³-hybridized carbons (Fsp3) is 0.524. The van der Waals surface area contributed by atoms with E-state index in [1.54, 1.807) is 25.4 Å². The third-order valence-corrected chi connectivity index (χ3v) is 5.77. The van der Waals surface area contributed by atoms with Crippen LogP contribution in [0.4, 0.5) is 0 Å². The smallest absolute Gasteiger partial charge is 0.247 e. The number of nitrogens with zero attached hydrogens (tertiary/aromatic N) is 1. The van der Waals surface area contributed by atoms with Gasteiger partial charge in [0.05, 0.1) is 18.1 Å². The average molecular weight is 440 g/mol. The lowest BCUT2D eigenvalue weighted by atomic mass is 9.82. The number of hydroxylamine groups is 1. The number of benzene rings is 1. The number of rotatable bonds is 11. The highest BCUT2D eigenvalue weighted by atomic mass is 32.2. The van der Waals surface area contributed by atoms with Crippen molar-refractivity contribution in [3.05, 3.63) is 42.0 Å². The summed E-state index contributed by atoms with van der Waals surface area (Å²) in [5.41, 5.74) is 5.03. The highest BCUT2D eigenvalue weighted by molar-refractivity contribution is 7.88. The monoisotopic (exact) mass is 439 g/mol. The molecule has 1 aromatic rings. The van der Waals surface area contributed by atoms with Gasteiger partial charge in [-0.15, -0.1) is 4.41 Å². The fourth-order valence-corrected chi connectivity index (χ4v) is 4.22. The van der Waals surface area contributed by atoms with Gasteiger partial charge < -0.3 is 0 Å². The normalized spacial score (nSPS) is 14.3. The Bertz CT molecular complexity index is 822. The average Bonchev–Trinajstić information content (AvgIpc) is 2.66. The van der Waals surface area contributed by atoms with Crippen LogP contribution in [0, 0.1) is 17.8 Å². The summed E-state index contributed by atoms with van der Waals surface area (Å²) in [4.78, 5) is 25.4. The second kappa shape index (κ2) is 11.8. The standard InChI is InChI=1S/C21H33N3O5S/c1-15(2)14-19(20(25)22-24(16(3)4)30(5,28)29)18(21(26)23-27)13-9-12-17-10-7-6-8-11-17/h6-12,15-16,18-19,27H,13-14H2,1-5H3,(H,22,25)(H,23,26)/t18-,19+/m0/s1. The summed E-state index contributed by atoms with van der Waals surface area (Å²) in [6, 6.07) is 8.98. The number of allylic oxidation sites excluding steroid dienone is 1. The van der Waals surface area contributed by atoms with Crippen LogP contribution in [0.25, 0.3) is 6.08 Å². The highest BCUT2D eigenvalue weighted by Crippen LogP contribution is 2.26. The molecule has 1 aromatic carbocycles. The van der Waals surface area contributed by atoms with Gasteiger partial charge in [0.1, 0.15) is 0 Å². The number of carbonyl (C=O) groups excluding carboxylic acids is 2. The van der Waals surface area contributed by atoms with Crippen LogP contribution in [0.1, 0.15) is 46.1 Å². The minimum Gasteiger partial charge on any atom is -0.289 e. The minimum atomic E-state index is -3.69. The lowest BCUT2D eigenvalue weighted by Gasteiger charge is -2.30. The van der Waals surface area contributed by atoms with Crippen molar-refractivity contribution < 1.29 is 23.2 Å². The summed E-state index contributed by atoms with van der Waals surface area (Å²) >= 11 is 0. The molecule has 0 bridgehead atoms. The Hall–Kier alpha value is -2.23. The van der Waals surface area contributed by atoms with Crippen molar-refractivity contribution in [1.29, 1.82) is 0 Å². The highest BCUT2D eigenvalue weighted by Gasteiger charge is 2.35. The Balaban J connectivity index is 3.15. The van der Waals surface area contributed by atoms with Crippen LogP contribution in [0.3, 0.4) is 0 Å². The van der Waals surface area contributed by atoms with Crippen molar-refractivity contribution >= 4 is 27.9 Å². The van der Waals surface area contributed by atoms with Crippen LogP contribution in [0.2, 0.25) is 0 Å². The summed E-state index contributed by atoms with van der Waals surface area (Å²) in [7, 11) is -3.69. The van der Waals surface area contributed by atoms with Crippen molar-refractivity contribution in [1.82, 2.24) is 15.3 Å². The summed E-state index contributed by atoms with van der Waals surface area (Å²) in [5, 5.41) is 9.22. The van der Waals surface area contributed by atoms with E-state index < -0.39 is 39.7 Å². The molecule has 0 aliphatic rings. The lowest BCUT2D eigenvalue weighted by Crippen LogP contribution is -2.53. The maximum Gasteiger partial charge on any atom is 0.247 e. The van der Waals surface area contributed by atoms with Crippen LogP contribution in [-0.4, -0.2) is 42.2 Å². The molecule has 0 aliphatic heterocycles. The number of sulfonamides is 1. The Morgan fingerprint density at radius 1 is 1.07 bits per heavy atom. The first-order valence-electron chi connectivity index (χ1n) is 9.92. The summed E-state index contributed by atoms with van der Waals surface area (Å²) in [6.07, 6.45) is 5.15. The van der Waals surface area contributed by atoms with E-state index in [4.69, 9.17) is 0 Å². The largest absolute Gasteiger partial charge is 0.289 e. The molecule has 1 rings (SSSR count). The number of hydrazine groups is 1. The molecule has 168 valence electrons. The molecular weight excluding hydrogens is 406 g/mol. The number of nitrogens with one attached hydrogen (secondary N) is 2. The molecule has 0 saturated carbocycles. The van der Waals surface area contributed by atoms with E-state index in [0.29, 0.717) is 6.42 Å². The van der Waals surface area contributed by atoms with Gasteiger partial charge in [-0.1, -0.05) is 56.3 Å². The first kappa shape index (κ1) is 25.8. The molecule has 2 atom stereocenters. The van der Waals surface area contributed by atoms with Crippen LogP contribution in [0.15, 0.2) is 36.4 Å². The van der Waals surface area contributed by atoms with Gasteiger partial charge in [0, 0.05) is 6.04 Å². The summed E-state index contributed by atoms with van der Waals surface area (Å²) in [5.74, 6) is -2.90. The zero-order valence-corrected chi connectivity index (χ0v) is 19.0. The molecule has 0 aliphatic carbocycles. The molecule has 0 heterocycles. The van der Waals surface area contributed by atoms with Crippen molar-refractivity contribution in [3.8, 4) is 0 Å². The fourth-order valence-electron chi connectivity index (χ4n) is 3.20. The van der Waals surface area contributed by atoms with Gasteiger partial charge >= 0.3 is 0 Å². The van der Waals surface area contributed by atoms with Crippen molar-refractivity contribution in [2.24, 2.45) is 17.8 Å². The number of carbonyl (C=O) groups is 2. The molecule has 3 N–H and O–H groups in total. The topological polar surface area (TPSA) is 116 Å². The number of hydrogen-bond acceptors (Lipinski definition) is 5. The molecule has 0 radical (unpaired) electrons. The molecule has 9 heteroatoms. The van der Waals surface area contributed by atoms with Gasteiger partial charge in [0.15, 0.2) is 0 Å². The number of hydrogen-bond donors (Lipinski definition) is 3. The van der Waals surface area contributed by atoms with E-state index >= 15 is 0 Å². The van der Waals surface area contributed by atoms with Crippen LogP contribution < -0.4 is 10.9 Å². The van der Waals surface area contributed by atoms with Gasteiger partial charge in [0.25, 0.3) is 0 Å². The molecule has 0 unspecified atom stereocenters. The molecule has 0 spiro atoms. The third-order valence-electron chi connectivity index (χ3n) is 4.54. The van der Waals surface area contributed by atoms with Gasteiger partial charge in [0.2, 0.25) is 21.8 Å². The van der Waals surface area contributed by atoms with Gasteiger partial charge in [-0.3, -0.25) is 20.2 Å². The van der Waals surface area contributed by atoms with Gasteiger partial charge in [-0.05, 0) is 38.2 Å². The van der Waals surface area contributed by atoms with Crippen molar-refractivity contribution in [2.75, 3.05) is 6.26 Å². The summed E-state index contributed by atoms with van der Waals surface area (Å²) < 4.78 is 24.9. The maximum atomic E-state index is 13.0. The van der Waals surface area contributed by atoms with Crippen LogP contribution in [-0.2, 0) is 19.6 Å². The predicted molar refractivity (Wildman–Crippen MR) is 116 cm³/mol. The van der Waals surface area contributed by atoms with Crippen molar-refractivity contribution in [3.63, 3.8) is 0 Å². The number of amides is 2. The Kier molecular flexibility index (Phi) is 10.2. The Morgan fingerprint density at radius 3 is 2.13 bits per heavy atom. The minimum absolute atomic E-state index is 0.0681. The molecule has 0 saturated heterocycles. The van der Waals surface area contributed by atoms with Crippen molar-refractivity contribution in [2.45, 2.75) is 46.6 Å². The first-order chi connectivity index (χ1) is 14.0. The van der Waals surface area contributed by atoms with E-state index in [9.17, 15) is 23.2 Å². The summed E-state index contributed by atoms with van der Waals surface area (Å²) in [6.45, 7) is 7.09. The quantitative estimate of drug-likeness (QED) is 0.362. The van der Waals surface area contributed by atoms with Gasteiger partial charge in [-0.25, -0.2) is 13.9 Å². The second-order valence-electron chi connectivity index (χ2n) is 8.00. The van der Waals surface area contributed by atoms with E-state index in [1.165, 1.54) is 0 Å². The van der Waals surface area contributed by atoms with E-state index in [-0.39, 0.29) is 12.3 Å². The Labute approximate surface area is 179 Å². The second-order valence-corrected chi connectivity index (χ2v) is 9.86. The zero-order valence-electron chi connectivity index (χ0n) is 18.2. The predicted octanol–water partition coefficient (Wildman–Crippen LogP) is 2.58. The molecule has 2 amide bonds. The van der Waals surface area contributed by atoms with Gasteiger partial charge in [-0.2, -0.15) is 0 Å². The van der Waals surface area contributed by atoms with Crippen LogP contribution >= 0.6 is 0 Å². The lowest BCUT2D eigenvalue weighted by molar-refractivity contribution is -0.142. The molecule has 8 nitrogen and oxygen atoms in total. The Morgan fingerprint density at radius 2 is 1.67 bits per heavy atom. The van der Waals surface area contributed by atoms with E-state index in [1.807, 2.05) is 50.3 Å². The SMILES string of the molecule is CC(C)C[C@@H](C(=O)NN(C(C)C)S(C)(=O)=O)[C@H](CC=Cc1ccccc1)C(=O)NO. The molecule has 0 aromatic heterocycles. The molecule has 0 fully saturated rings. The third kappa shape index (κ3) is 8.25. The maximum absolute atomic E-state index is 13.0. The van der Waals surface area contributed by atoms with E-state index in [0.717, 1.165) is 16.2 Å². The molecular formula is C21H33N3O5S. The van der Waals surface area contributed by atoms with Crippen LogP contribution in [0.5, 0.6) is 0 Å².